The quantitative estimate of drug-likeness (QED) is 0.398. The second-order valence-electron chi connectivity index (χ2n) is 9.66. The van der Waals surface area contributed by atoms with Crippen molar-refractivity contribution in [2.75, 3.05) is 5.32 Å². The highest BCUT2D eigenvalue weighted by molar-refractivity contribution is 7.18. The average molecular weight is 487 g/mol. The molecule has 0 saturated heterocycles. The lowest BCUT2D eigenvalue weighted by molar-refractivity contribution is -0.161. The van der Waals surface area contributed by atoms with Gasteiger partial charge in [-0.2, -0.15) is 0 Å². The van der Waals surface area contributed by atoms with Crippen molar-refractivity contribution in [2.45, 2.75) is 59.3 Å². The van der Waals surface area contributed by atoms with E-state index in [0.29, 0.717) is 11.1 Å². The van der Waals surface area contributed by atoms with E-state index in [0.717, 1.165) is 16.2 Å². The molecular weight excluding hydrogens is 460 g/mol. The normalized spacial score (nSPS) is 13.4. The predicted molar refractivity (Wildman–Crippen MR) is 125 cm³/mol. The molecule has 1 aliphatic heterocycles. The third-order valence-electron chi connectivity index (χ3n) is 4.44. The van der Waals surface area contributed by atoms with Gasteiger partial charge >= 0.3 is 17.8 Å². The van der Waals surface area contributed by atoms with Crippen LogP contribution in [-0.4, -0.2) is 45.8 Å². The minimum Gasteiger partial charge on any atom is -0.456 e. The van der Waals surface area contributed by atoms with Crippen molar-refractivity contribution in [3.05, 3.63) is 51.9 Å². The summed E-state index contributed by atoms with van der Waals surface area (Å²) in [6.07, 6.45) is 0. The van der Waals surface area contributed by atoms with Crippen molar-refractivity contribution in [2.24, 2.45) is 0 Å². The van der Waals surface area contributed by atoms with Crippen molar-refractivity contribution in [1.29, 1.82) is 0 Å². The first-order valence-electron chi connectivity index (χ1n) is 10.5. The fraction of sp³-hybridized carbons (Fsp3) is 0.375. The SMILES string of the molecule is CC(C)(C)OC(=O)C(=O)Nc1sc(C(=O)N2Cc3ccccc3C2=O)cc1C(=O)OC(C)(C)C. The van der Waals surface area contributed by atoms with Crippen LogP contribution in [0.5, 0.6) is 0 Å². The molecule has 0 unspecified atom stereocenters. The Balaban J connectivity index is 1.91. The minimum atomic E-state index is -1.14. The molecule has 3 rings (SSSR count). The van der Waals surface area contributed by atoms with E-state index in [1.807, 2.05) is 0 Å². The lowest BCUT2D eigenvalue weighted by Gasteiger charge is -2.20. The monoisotopic (exact) mass is 486 g/mol. The Hall–Kier alpha value is -3.53. The van der Waals surface area contributed by atoms with Gasteiger partial charge in [-0.1, -0.05) is 18.2 Å². The second kappa shape index (κ2) is 9.02. The van der Waals surface area contributed by atoms with Gasteiger partial charge in [-0.3, -0.25) is 19.3 Å². The second-order valence-corrected chi connectivity index (χ2v) is 10.7. The zero-order valence-electron chi connectivity index (χ0n) is 19.8. The Labute approximate surface area is 201 Å². The maximum Gasteiger partial charge on any atom is 0.397 e. The van der Waals surface area contributed by atoms with Gasteiger partial charge in [-0.25, -0.2) is 9.59 Å². The number of carbonyl (C=O) groups is 5. The van der Waals surface area contributed by atoms with Gasteiger partial charge in [-0.15, -0.1) is 11.3 Å². The van der Waals surface area contributed by atoms with Gasteiger partial charge in [-0.05, 0) is 59.2 Å². The van der Waals surface area contributed by atoms with Crippen LogP contribution in [-0.2, 0) is 25.6 Å². The molecule has 1 N–H and O–H groups in total. The lowest BCUT2D eigenvalue weighted by Crippen LogP contribution is -2.32. The van der Waals surface area contributed by atoms with E-state index in [-0.39, 0.29) is 22.0 Å². The van der Waals surface area contributed by atoms with Crippen LogP contribution >= 0.6 is 11.3 Å². The number of amides is 3. The van der Waals surface area contributed by atoms with E-state index in [1.165, 1.54) is 6.07 Å². The molecule has 1 aromatic carbocycles. The molecule has 2 aromatic rings. The minimum absolute atomic E-state index is 0.0292. The maximum atomic E-state index is 13.2. The summed E-state index contributed by atoms with van der Waals surface area (Å²) in [5, 5.41) is 2.28. The fourth-order valence-electron chi connectivity index (χ4n) is 3.10. The summed E-state index contributed by atoms with van der Waals surface area (Å²) in [6, 6.07) is 8.13. The van der Waals surface area contributed by atoms with Crippen LogP contribution in [0.25, 0.3) is 0 Å². The van der Waals surface area contributed by atoms with Crippen molar-refractivity contribution in [3.8, 4) is 0 Å². The summed E-state index contributed by atoms with van der Waals surface area (Å²) < 4.78 is 10.4. The van der Waals surface area contributed by atoms with Crippen LogP contribution in [0.4, 0.5) is 5.00 Å². The number of carbonyl (C=O) groups excluding carboxylic acids is 5. The van der Waals surface area contributed by atoms with Crippen molar-refractivity contribution in [3.63, 3.8) is 0 Å². The van der Waals surface area contributed by atoms with Gasteiger partial charge in [0.25, 0.3) is 11.8 Å². The summed E-state index contributed by atoms with van der Waals surface area (Å²) in [7, 11) is 0. The Bertz CT molecular complexity index is 1180. The van der Waals surface area contributed by atoms with Gasteiger partial charge in [0.05, 0.1) is 17.0 Å². The van der Waals surface area contributed by atoms with E-state index in [9.17, 15) is 24.0 Å². The molecular formula is C24H26N2O7S. The fourth-order valence-corrected chi connectivity index (χ4v) is 4.09. The first-order chi connectivity index (χ1) is 15.7. The number of ether oxygens (including phenoxy) is 2. The van der Waals surface area contributed by atoms with Gasteiger partial charge in [0.1, 0.15) is 16.2 Å². The molecule has 1 aliphatic rings. The van der Waals surface area contributed by atoms with E-state index < -0.39 is 40.9 Å². The predicted octanol–water partition coefficient (Wildman–Crippen LogP) is 3.78. The molecule has 0 fully saturated rings. The molecule has 0 saturated carbocycles. The number of imide groups is 1. The largest absolute Gasteiger partial charge is 0.456 e. The Kier molecular flexibility index (Phi) is 6.66. The number of thiophene rings is 1. The number of hydrogen-bond donors (Lipinski definition) is 1. The average Bonchev–Trinajstić information content (AvgIpc) is 3.27. The number of nitrogens with one attached hydrogen (secondary N) is 1. The number of anilines is 1. The molecule has 3 amide bonds. The van der Waals surface area contributed by atoms with Crippen molar-refractivity contribution < 1.29 is 33.4 Å². The summed E-state index contributed by atoms with van der Waals surface area (Å²) in [4.78, 5) is 64.3. The number of hydrogen-bond acceptors (Lipinski definition) is 8. The first-order valence-corrected chi connectivity index (χ1v) is 11.3. The maximum absolute atomic E-state index is 13.2. The summed E-state index contributed by atoms with van der Waals surface area (Å²) in [6.45, 7) is 9.92. The molecule has 34 heavy (non-hydrogen) atoms. The highest BCUT2D eigenvalue weighted by Crippen LogP contribution is 2.33. The van der Waals surface area contributed by atoms with Crippen LogP contribution in [0, 0.1) is 0 Å². The van der Waals surface area contributed by atoms with Crippen molar-refractivity contribution in [1.82, 2.24) is 4.90 Å². The Morgan fingerprint density at radius 1 is 0.971 bits per heavy atom. The topological polar surface area (TPSA) is 119 Å². The number of rotatable bonds is 3. The van der Waals surface area contributed by atoms with Gasteiger partial charge < -0.3 is 14.8 Å². The van der Waals surface area contributed by atoms with Crippen LogP contribution in [0.1, 0.15) is 77.5 Å². The van der Waals surface area contributed by atoms with Crippen molar-refractivity contribution >= 4 is 46.0 Å². The zero-order valence-corrected chi connectivity index (χ0v) is 20.6. The number of fused-ring (bicyclic) bond motifs is 1. The summed E-state index contributed by atoms with van der Waals surface area (Å²) >= 11 is 0.769. The number of nitrogens with zero attached hydrogens (tertiary/aromatic N) is 1. The molecule has 0 radical (unpaired) electrons. The summed E-state index contributed by atoms with van der Waals surface area (Å²) in [5.74, 6) is -4.13. The van der Waals surface area contributed by atoms with E-state index in [2.05, 4.69) is 5.32 Å². The summed E-state index contributed by atoms with van der Waals surface area (Å²) in [5.41, 5.74) is -0.711. The lowest BCUT2D eigenvalue weighted by atomic mass is 10.1. The first kappa shape index (κ1) is 25.1. The Morgan fingerprint density at radius 3 is 2.18 bits per heavy atom. The Morgan fingerprint density at radius 2 is 1.59 bits per heavy atom. The highest BCUT2D eigenvalue weighted by Gasteiger charge is 2.35. The van der Waals surface area contributed by atoms with Gasteiger partial charge in [0.2, 0.25) is 0 Å². The van der Waals surface area contributed by atoms with Gasteiger partial charge in [0, 0.05) is 5.56 Å². The van der Waals surface area contributed by atoms with E-state index in [1.54, 1.807) is 65.8 Å². The molecule has 0 aliphatic carbocycles. The highest BCUT2D eigenvalue weighted by atomic mass is 32.1. The smallest absolute Gasteiger partial charge is 0.397 e. The molecule has 10 heteroatoms. The molecule has 9 nitrogen and oxygen atoms in total. The van der Waals surface area contributed by atoms with E-state index >= 15 is 0 Å². The van der Waals surface area contributed by atoms with E-state index in [4.69, 9.17) is 9.47 Å². The third kappa shape index (κ3) is 5.69. The van der Waals surface area contributed by atoms with Crippen LogP contribution < -0.4 is 5.32 Å². The van der Waals surface area contributed by atoms with Gasteiger partial charge in [0.15, 0.2) is 0 Å². The van der Waals surface area contributed by atoms with Crippen LogP contribution in [0.15, 0.2) is 30.3 Å². The molecule has 1 aromatic heterocycles. The molecule has 0 bridgehead atoms. The number of benzene rings is 1. The number of esters is 2. The molecule has 2 heterocycles. The molecule has 0 spiro atoms. The third-order valence-corrected chi connectivity index (χ3v) is 5.48. The molecule has 180 valence electrons. The zero-order chi connectivity index (χ0) is 25.4. The van der Waals surface area contributed by atoms with Crippen LogP contribution in [0.2, 0.25) is 0 Å². The molecule has 0 atom stereocenters. The van der Waals surface area contributed by atoms with Crippen LogP contribution in [0.3, 0.4) is 0 Å². The standard InChI is InChI=1S/C24H26N2O7S/c1-23(2,3)32-21(30)15-11-16(34-18(15)25-17(27)22(31)33-24(4,5)6)20(29)26-12-13-9-7-8-10-14(13)19(26)28/h7-11H,12H2,1-6H3,(H,25,27).